The maximum Gasteiger partial charge on any atom is 0.255 e. The Morgan fingerprint density at radius 3 is 2.70 bits per heavy atom. The van der Waals surface area contributed by atoms with Gasteiger partial charge in [0, 0.05) is 7.05 Å². The minimum atomic E-state index is -0.898. The third-order valence-corrected chi connectivity index (χ3v) is 3.14. The van der Waals surface area contributed by atoms with Crippen LogP contribution >= 0.6 is 0 Å². The third kappa shape index (κ3) is 2.42. The zero-order valence-corrected chi connectivity index (χ0v) is 11.0. The smallest absolute Gasteiger partial charge is 0.255 e. The van der Waals surface area contributed by atoms with Crippen LogP contribution in [0.2, 0.25) is 0 Å². The van der Waals surface area contributed by atoms with Crippen LogP contribution in [0.5, 0.6) is 11.5 Å². The van der Waals surface area contributed by atoms with Gasteiger partial charge in [0.15, 0.2) is 0 Å². The summed E-state index contributed by atoms with van der Waals surface area (Å²) in [7, 11) is 2.79. The Balaban J connectivity index is 2.17. The lowest BCUT2D eigenvalue weighted by Gasteiger charge is -2.12. The topological polar surface area (TPSA) is 95.9 Å². The van der Waals surface area contributed by atoms with E-state index in [1.807, 2.05) is 0 Å². The van der Waals surface area contributed by atoms with E-state index in [4.69, 9.17) is 4.74 Å². The number of imide groups is 1. The number of nitrogens with one attached hydrogen (secondary N) is 1. The number of likely N-dealkylation sites (tertiary alicyclic amines) is 1. The molecule has 1 aliphatic rings. The predicted octanol–water partition coefficient (Wildman–Crippen LogP) is -0.112. The normalized spacial score (nSPS) is 18.3. The van der Waals surface area contributed by atoms with Gasteiger partial charge in [-0.25, -0.2) is 0 Å². The molecule has 106 valence electrons. The van der Waals surface area contributed by atoms with E-state index in [9.17, 15) is 19.5 Å². The molecule has 1 unspecified atom stereocenters. The van der Waals surface area contributed by atoms with E-state index in [1.165, 1.54) is 32.4 Å². The van der Waals surface area contributed by atoms with Crippen LogP contribution in [0.25, 0.3) is 0 Å². The Hall–Kier alpha value is -2.57. The molecule has 0 aromatic heterocycles. The molecule has 1 saturated heterocycles. The van der Waals surface area contributed by atoms with Gasteiger partial charge in [-0.05, 0) is 18.2 Å². The molecule has 1 aromatic carbocycles. The Kier molecular flexibility index (Phi) is 3.60. The van der Waals surface area contributed by atoms with E-state index in [-0.39, 0.29) is 23.6 Å². The molecule has 0 spiro atoms. The van der Waals surface area contributed by atoms with Crippen molar-refractivity contribution < 1.29 is 24.2 Å². The molecule has 0 bridgehead atoms. The van der Waals surface area contributed by atoms with Gasteiger partial charge < -0.3 is 15.2 Å². The lowest BCUT2D eigenvalue weighted by molar-refractivity contribution is -0.137. The average Bonchev–Trinajstić information content (AvgIpc) is 2.67. The molecule has 7 nitrogen and oxygen atoms in total. The molecule has 1 atom stereocenters. The van der Waals surface area contributed by atoms with Crippen molar-refractivity contribution in [2.45, 2.75) is 12.5 Å². The van der Waals surface area contributed by atoms with Gasteiger partial charge in [0.2, 0.25) is 5.91 Å². The minimum absolute atomic E-state index is 0.0147. The number of rotatable bonds is 3. The highest BCUT2D eigenvalue weighted by Gasteiger charge is 2.37. The van der Waals surface area contributed by atoms with Crippen LogP contribution in [0.3, 0.4) is 0 Å². The molecule has 1 fully saturated rings. The van der Waals surface area contributed by atoms with Crippen LogP contribution in [0.15, 0.2) is 18.2 Å². The number of likely N-dealkylation sites (N-methyl/N-ethyl adjacent to an activating group) is 1. The summed E-state index contributed by atoms with van der Waals surface area (Å²) in [4.78, 5) is 36.1. The molecule has 1 heterocycles. The van der Waals surface area contributed by atoms with Gasteiger partial charge in [0.25, 0.3) is 11.8 Å². The second-order valence-corrected chi connectivity index (χ2v) is 4.40. The number of hydrogen-bond acceptors (Lipinski definition) is 5. The molecule has 1 aromatic rings. The standard InChI is InChI=1S/C13H14N2O5/c1-15-11(17)6-9(13(15)19)14-12(18)8-5-7(20-2)3-4-10(8)16/h3-5,9,16H,6H2,1-2H3,(H,14,18). The molecule has 0 aliphatic carbocycles. The quantitative estimate of drug-likeness (QED) is 0.752. The van der Waals surface area contributed by atoms with E-state index in [0.29, 0.717) is 5.75 Å². The van der Waals surface area contributed by atoms with Crippen LogP contribution in [-0.2, 0) is 9.59 Å². The van der Waals surface area contributed by atoms with Crippen molar-refractivity contribution in [2.75, 3.05) is 14.2 Å². The van der Waals surface area contributed by atoms with Crippen LogP contribution < -0.4 is 10.1 Å². The van der Waals surface area contributed by atoms with E-state index >= 15 is 0 Å². The van der Waals surface area contributed by atoms with Crippen molar-refractivity contribution in [1.29, 1.82) is 0 Å². The molecule has 7 heteroatoms. The molecule has 0 saturated carbocycles. The van der Waals surface area contributed by atoms with Crippen LogP contribution in [0.4, 0.5) is 0 Å². The summed E-state index contributed by atoms with van der Waals surface area (Å²) in [5, 5.41) is 12.1. The number of carbonyl (C=O) groups is 3. The van der Waals surface area contributed by atoms with Crippen LogP contribution in [0.1, 0.15) is 16.8 Å². The van der Waals surface area contributed by atoms with Crippen molar-refractivity contribution in [2.24, 2.45) is 0 Å². The van der Waals surface area contributed by atoms with E-state index in [2.05, 4.69) is 5.32 Å². The molecule has 2 N–H and O–H groups in total. The van der Waals surface area contributed by atoms with Gasteiger partial charge in [0.1, 0.15) is 17.5 Å². The number of carbonyl (C=O) groups excluding carboxylic acids is 3. The lowest BCUT2D eigenvalue weighted by atomic mass is 10.1. The highest BCUT2D eigenvalue weighted by Crippen LogP contribution is 2.23. The van der Waals surface area contributed by atoms with Crippen molar-refractivity contribution in [3.8, 4) is 11.5 Å². The number of benzene rings is 1. The molecular weight excluding hydrogens is 264 g/mol. The highest BCUT2D eigenvalue weighted by molar-refractivity contribution is 6.08. The number of methoxy groups -OCH3 is 1. The van der Waals surface area contributed by atoms with Crippen molar-refractivity contribution in [1.82, 2.24) is 10.2 Å². The SMILES string of the molecule is COc1ccc(O)c(C(=O)NC2CC(=O)N(C)C2=O)c1. The number of ether oxygens (including phenoxy) is 1. The van der Waals surface area contributed by atoms with E-state index < -0.39 is 17.9 Å². The fourth-order valence-corrected chi connectivity index (χ4v) is 1.93. The Bertz CT molecular complexity index is 584. The van der Waals surface area contributed by atoms with Gasteiger partial charge in [-0.3, -0.25) is 19.3 Å². The zero-order valence-electron chi connectivity index (χ0n) is 11.0. The summed E-state index contributed by atoms with van der Waals surface area (Å²) < 4.78 is 4.96. The number of hydrogen-bond donors (Lipinski definition) is 2. The van der Waals surface area contributed by atoms with Gasteiger partial charge in [-0.2, -0.15) is 0 Å². The second kappa shape index (κ2) is 5.20. The van der Waals surface area contributed by atoms with Gasteiger partial charge >= 0.3 is 0 Å². The van der Waals surface area contributed by atoms with Crippen LogP contribution in [0, 0.1) is 0 Å². The fourth-order valence-electron chi connectivity index (χ4n) is 1.93. The highest BCUT2D eigenvalue weighted by atomic mass is 16.5. The summed E-state index contributed by atoms with van der Waals surface area (Å²) in [6, 6.07) is 3.28. The van der Waals surface area contributed by atoms with Gasteiger partial charge in [-0.1, -0.05) is 0 Å². The number of amides is 3. The van der Waals surface area contributed by atoms with E-state index in [0.717, 1.165) is 4.90 Å². The fraction of sp³-hybridized carbons (Fsp3) is 0.308. The van der Waals surface area contributed by atoms with Crippen LogP contribution in [-0.4, -0.2) is 47.9 Å². The summed E-state index contributed by atoms with van der Waals surface area (Å²) in [6.07, 6.45) is -0.0776. The van der Waals surface area contributed by atoms with Gasteiger partial charge in [0.05, 0.1) is 19.1 Å². The first-order valence-corrected chi connectivity index (χ1v) is 5.92. The van der Waals surface area contributed by atoms with E-state index in [1.54, 1.807) is 0 Å². The maximum absolute atomic E-state index is 12.0. The summed E-state index contributed by atoms with van der Waals surface area (Å²) in [5.74, 6) is -1.28. The minimum Gasteiger partial charge on any atom is -0.507 e. The maximum atomic E-state index is 12.0. The molecule has 1 aliphatic heterocycles. The van der Waals surface area contributed by atoms with Crippen molar-refractivity contribution >= 4 is 17.7 Å². The zero-order chi connectivity index (χ0) is 14.9. The summed E-state index contributed by atoms with van der Waals surface area (Å²) in [6.45, 7) is 0. The number of aromatic hydroxyl groups is 1. The average molecular weight is 278 g/mol. The summed E-state index contributed by atoms with van der Waals surface area (Å²) in [5.41, 5.74) is -0.0147. The predicted molar refractivity (Wildman–Crippen MR) is 68.3 cm³/mol. The number of nitrogens with zero attached hydrogens (tertiary/aromatic N) is 1. The first-order chi connectivity index (χ1) is 9.43. The molecule has 0 radical (unpaired) electrons. The first kappa shape index (κ1) is 13.9. The second-order valence-electron chi connectivity index (χ2n) is 4.40. The molecular formula is C13H14N2O5. The molecule has 2 rings (SSSR count). The Morgan fingerprint density at radius 1 is 1.45 bits per heavy atom. The van der Waals surface area contributed by atoms with Crippen molar-refractivity contribution in [3.63, 3.8) is 0 Å². The number of phenolic OH excluding ortho intramolecular Hbond substituents is 1. The molecule has 20 heavy (non-hydrogen) atoms. The Labute approximate surface area is 115 Å². The lowest BCUT2D eigenvalue weighted by Crippen LogP contribution is -2.40. The number of phenols is 1. The largest absolute Gasteiger partial charge is 0.507 e. The van der Waals surface area contributed by atoms with Crippen molar-refractivity contribution in [3.05, 3.63) is 23.8 Å². The summed E-state index contributed by atoms with van der Waals surface area (Å²) >= 11 is 0. The Morgan fingerprint density at radius 2 is 2.15 bits per heavy atom. The first-order valence-electron chi connectivity index (χ1n) is 5.92. The monoisotopic (exact) mass is 278 g/mol. The van der Waals surface area contributed by atoms with Gasteiger partial charge in [-0.15, -0.1) is 0 Å². The third-order valence-electron chi connectivity index (χ3n) is 3.14. The molecule has 3 amide bonds.